The zero-order chi connectivity index (χ0) is 24.4. The normalized spacial score (nSPS) is 11.1. The van der Waals surface area contributed by atoms with Crippen molar-refractivity contribution in [3.05, 3.63) is 47.5 Å². The molecule has 0 bridgehead atoms. The van der Waals surface area contributed by atoms with Gasteiger partial charge in [-0.15, -0.1) is 0 Å². The van der Waals surface area contributed by atoms with Crippen molar-refractivity contribution in [3.63, 3.8) is 0 Å². The summed E-state index contributed by atoms with van der Waals surface area (Å²) in [6, 6.07) is 13.8. The van der Waals surface area contributed by atoms with Gasteiger partial charge < -0.3 is 9.11 Å². The molecule has 0 fully saturated rings. The maximum absolute atomic E-state index is 8.52. The van der Waals surface area contributed by atoms with Gasteiger partial charge in [0.2, 0.25) is 0 Å². The number of unbranched alkanes of at least 4 members (excludes halogenated alkanes) is 12. The first kappa shape index (κ1) is 34.1. The minimum absolute atomic E-state index is 0. The Morgan fingerprint density at radius 2 is 1.06 bits per heavy atom. The van der Waals surface area contributed by atoms with Crippen LogP contribution >= 0.6 is 0 Å². The molecule has 0 aromatic heterocycles. The van der Waals surface area contributed by atoms with Crippen LogP contribution in [-0.2, 0) is 23.2 Å². The van der Waals surface area contributed by atoms with Crippen LogP contribution in [-0.4, -0.2) is 66.4 Å². The number of benzene rings is 2. The van der Waals surface area contributed by atoms with Gasteiger partial charge in [0.15, 0.2) is 0 Å². The number of hydrogen-bond acceptors (Lipinski definition) is 4. The van der Waals surface area contributed by atoms with Crippen LogP contribution in [0.15, 0.2) is 36.4 Å². The first-order chi connectivity index (χ1) is 15.9. The zero-order valence-corrected chi connectivity index (χ0v) is 26.8. The van der Waals surface area contributed by atoms with Crippen LogP contribution in [0.4, 0.5) is 0 Å². The molecule has 0 saturated carbocycles. The Labute approximate surface area is 249 Å². The van der Waals surface area contributed by atoms with Gasteiger partial charge in [-0.3, -0.25) is 8.42 Å². The van der Waals surface area contributed by atoms with Gasteiger partial charge in [0.25, 0.3) is 0 Å². The van der Waals surface area contributed by atoms with Crippen molar-refractivity contribution in [1.82, 2.24) is 0 Å². The van der Waals surface area contributed by atoms with Crippen LogP contribution in [0.25, 0.3) is 10.8 Å². The molecule has 0 unspecified atom stereocenters. The van der Waals surface area contributed by atoms with Gasteiger partial charge in [-0.1, -0.05) is 127 Å². The van der Waals surface area contributed by atoms with E-state index < -0.39 is 10.4 Å². The Balaban J connectivity index is 0.00000164. The fraction of sp³-hybridized carbons (Fsp3) is 0.643. The molecule has 0 spiro atoms. The van der Waals surface area contributed by atoms with E-state index in [0.717, 1.165) is 0 Å². The molecule has 0 aliphatic heterocycles. The molecule has 2 rings (SSSR count). The second-order valence-corrected chi connectivity index (χ2v) is 9.89. The quantitative estimate of drug-likeness (QED) is 0.0841. The maximum atomic E-state index is 8.52. The first-order valence-electron chi connectivity index (χ1n) is 13.0. The largest absolute Gasteiger partial charge is 2.00 e. The number of hydrogen-bond donors (Lipinski definition) is 0. The minimum atomic E-state index is -5.17. The fourth-order valence-electron chi connectivity index (χ4n) is 4.44. The Hall–Kier alpha value is 0.141. The summed E-state index contributed by atoms with van der Waals surface area (Å²) in [5.74, 6) is 0. The predicted octanol–water partition coefficient (Wildman–Crippen LogP) is 7.71. The van der Waals surface area contributed by atoms with Crippen LogP contribution in [0.1, 0.15) is 115 Å². The summed E-state index contributed by atoms with van der Waals surface area (Å²) in [6.45, 7) is 4.60. The van der Waals surface area contributed by atoms with Gasteiger partial charge in [0.05, 0.1) is 0 Å². The summed E-state index contributed by atoms with van der Waals surface area (Å²) in [7, 11) is -5.17. The minimum Gasteiger partial charge on any atom is -0.759 e. The molecule has 188 valence electrons. The Bertz CT molecular complexity index is 860. The molecule has 34 heavy (non-hydrogen) atoms. The third-order valence-corrected chi connectivity index (χ3v) is 6.22. The third kappa shape index (κ3) is 17.6. The van der Waals surface area contributed by atoms with Crippen molar-refractivity contribution in [3.8, 4) is 0 Å². The monoisotopic (exact) mass is 614 g/mol. The van der Waals surface area contributed by atoms with E-state index in [0.29, 0.717) is 0 Å². The van der Waals surface area contributed by atoms with E-state index in [-0.39, 0.29) is 48.9 Å². The third-order valence-electron chi connectivity index (χ3n) is 6.22. The summed E-state index contributed by atoms with van der Waals surface area (Å²) in [5, 5.41) is 2.93. The van der Waals surface area contributed by atoms with Gasteiger partial charge in [0.1, 0.15) is 0 Å². The fourth-order valence-corrected chi connectivity index (χ4v) is 4.44. The second kappa shape index (κ2) is 21.2. The van der Waals surface area contributed by atoms with Crippen molar-refractivity contribution in [2.24, 2.45) is 0 Å². The van der Waals surface area contributed by atoms with Gasteiger partial charge >= 0.3 is 48.9 Å². The number of aryl methyl sites for hydroxylation is 2. The molecular weight excluding hydrogens is 570 g/mol. The molecule has 6 heteroatoms. The van der Waals surface area contributed by atoms with Crippen LogP contribution < -0.4 is 0 Å². The molecule has 0 N–H and O–H groups in total. The van der Waals surface area contributed by atoms with Crippen molar-refractivity contribution in [1.29, 1.82) is 0 Å². The Kier molecular flexibility index (Phi) is 21.3. The number of rotatable bonds is 16. The number of fused-ring (bicyclic) bond motifs is 1. The summed E-state index contributed by atoms with van der Waals surface area (Å²) >= 11 is 0. The second-order valence-electron chi connectivity index (χ2n) is 9.08. The molecule has 0 aliphatic rings. The Morgan fingerprint density at radius 1 is 0.618 bits per heavy atom. The van der Waals surface area contributed by atoms with Crippen LogP contribution in [0, 0.1) is 0 Å². The maximum Gasteiger partial charge on any atom is 2.00 e. The molecule has 0 saturated heterocycles. The van der Waals surface area contributed by atoms with Gasteiger partial charge in [-0.2, -0.15) is 0 Å². The van der Waals surface area contributed by atoms with E-state index in [1.807, 2.05) is 0 Å². The van der Waals surface area contributed by atoms with E-state index in [1.54, 1.807) is 11.1 Å². The molecule has 0 amide bonds. The molecular formula is C28H44BaO4S. The van der Waals surface area contributed by atoms with Crippen molar-refractivity contribution < 1.29 is 17.5 Å². The van der Waals surface area contributed by atoms with Crippen molar-refractivity contribution in [2.45, 2.75) is 117 Å². The van der Waals surface area contributed by atoms with E-state index in [1.165, 1.54) is 114 Å². The van der Waals surface area contributed by atoms with Crippen LogP contribution in [0.2, 0.25) is 0 Å². The van der Waals surface area contributed by atoms with E-state index in [4.69, 9.17) is 17.5 Å². The first-order valence-corrected chi connectivity index (χ1v) is 14.4. The van der Waals surface area contributed by atoms with Crippen LogP contribution in [0.5, 0.6) is 0 Å². The SMILES string of the molecule is CCCCCCCCCc1ccc2ccccc2c1CCCCCCCCC.O=S(=O)([O-])[O-].[Ba+2]. The molecule has 2 aromatic carbocycles. The average Bonchev–Trinajstić information content (AvgIpc) is 2.77. The van der Waals surface area contributed by atoms with Crippen molar-refractivity contribution in [2.75, 3.05) is 0 Å². The predicted molar refractivity (Wildman–Crippen MR) is 144 cm³/mol. The molecule has 0 radical (unpaired) electrons. The van der Waals surface area contributed by atoms with E-state index >= 15 is 0 Å². The summed E-state index contributed by atoms with van der Waals surface area (Å²) in [4.78, 5) is 0. The van der Waals surface area contributed by atoms with Gasteiger partial charge in [0, 0.05) is 10.4 Å². The van der Waals surface area contributed by atoms with Gasteiger partial charge in [-0.25, -0.2) is 0 Å². The molecule has 4 nitrogen and oxygen atoms in total. The van der Waals surface area contributed by atoms with E-state index in [2.05, 4.69) is 50.2 Å². The topological polar surface area (TPSA) is 80.3 Å². The van der Waals surface area contributed by atoms with Crippen molar-refractivity contribution >= 4 is 70.1 Å². The Morgan fingerprint density at radius 3 is 1.59 bits per heavy atom. The average molecular weight is 614 g/mol. The van der Waals surface area contributed by atoms with Gasteiger partial charge in [-0.05, 0) is 47.6 Å². The summed E-state index contributed by atoms with van der Waals surface area (Å²) in [5.41, 5.74) is 3.27. The standard InChI is InChI=1S/C28H44.Ba.H2O4S/c1-3-5-7-9-11-13-15-19-25-23-24-26-20-17-18-22-28(26)27(25)21-16-14-12-10-8-6-4-2;;1-5(2,3)4/h17-18,20,22-24H,3-16,19,21H2,1-2H3;;(H2,1,2,3,4)/q;+2;/p-2. The molecule has 0 aliphatic carbocycles. The molecule has 0 heterocycles. The smallest absolute Gasteiger partial charge is 0.759 e. The van der Waals surface area contributed by atoms with Crippen LogP contribution in [0.3, 0.4) is 0 Å². The summed E-state index contributed by atoms with van der Waals surface area (Å²) < 4.78 is 34.1. The zero-order valence-electron chi connectivity index (χ0n) is 21.5. The molecule has 2 aromatic rings. The molecule has 0 atom stereocenters. The van der Waals surface area contributed by atoms with E-state index in [9.17, 15) is 0 Å². The summed E-state index contributed by atoms with van der Waals surface area (Å²) in [6.07, 6.45) is 22.1.